The number of anilines is 1. The van der Waals surface area contributed by atoms with Gasteiger partial charge in [0.05, 0.1) is 23.3 Å². The second-order valence-electron chi connectivity index (χ2n) is 6.45. The van der Waals surface area contributed by atoms with Gasteiger partial charge in [0.2, 0.25) is 0 Å². The van der Waals surface area contributed by atoms with Gasteiger partial charge in [-0.15, -0.1) is 0 Å². The highest BCUT2D eigenvalue weighted by Crippen LogP contribution is 2.19. The predicted molar refractivity (Wildman–Crippen MR) is 118 cm³/mol. The fourth-order valence-electron chi connectivity index (χ4n) is 2.52. The number of carbonyl (C=O) groups excluding carboxylic acids is 2. The van der Waals surface area contributed by atoms with Gasteiger partial charge < -0.3 is 10.1 Å². The summed E-state index contributed by atoms with van der Waals surface area (Å²) in [6, 6.07) is 21.2. The van der Waals surface area contributed by atoms with Gasteiger partial charge in [-0.25, -0.2) is 10.2 Å². The van der Waals surface area contributed by atoms with Gasteiger partial charge in [-0.3, -0.25) is 4.79 Å². The van der Waals surface area contributed by atoms with E-state index < -0.39 is 5.97 Å². The molecule has 3 aromatic rings. The van der Waals surface area contributed by atoms with Crippen LogP contribution in [0.5, 0.6) is 5.75 Å². The highest BCUT2D eigenvalue weighted by Gasteiger charge is 2.12. The zero-order valence-corrected chi connectivity index (χ0v) is 17.0. The van der Waals surface area contributed by atoms with E-state index in [4.69, 9.17) is 16.3 Å². The largest absolute Gasteiger partial charge is 0.423 e. The van der Waals surface area contributed by atoms with E-state index in [1.807, 2.05) is 31.2 Å². The Bertz CT molecular complexity index is 1070. The molecule has 0 spiro atoms. The lowest BCUT2D eigenvalue weighted by atomic mass is 10.2. The fraction of sp³-hybridized carbons (Fsp3) is 0.0870. The Morgan fingerprint density at radius 2 is 1.80 bits per heavy atom. The van der Waals surface area contributed by atoms with Crippen LogP contribution in [0.25, 0.3) is 0 Å². The highest BCUT2D eigenvalue weighted by atomic mass is 35.5. The van der Waals surface area contributed by atoms with Crippen LogP contribution in [-0.4, -0.2) is 24.6 Å². The molecular formula is C23H20ClN3O3. The zero-order valence-electron chi connectivity index (χ0n) is 16.3. The molecule has 0 radical (unpaired) electrons. The maximum Gasteiger partial charge on any atom is 0.345 e. The monoisotopic (exact) mass is 421 g/mol. The van der Waals surface area contributed by atoms with Crippen molar-refractivity contribution in [2.75, 3.05) is 11.9 Å². The van der Waals surface area contributed by atoms with Crippen molar-refractivity contribution in [2.45, 2.75) is 6.92 Å². The second-order valence-corrected chi connectivity index (χ2v) is 6.86. The molecule has 6 nitrogen and oxygen atoms in total. The molecule has 1 amide bonds. The van der Waals surface area contributed by atoms with Crippen molar-refractivity contribution in [3.8, 4) is 5.75 Å². The smallest absolute Gasteiger partial charge is 0.345 e. The molecule has 0 heterocycles. The molecule has 0 bridgehead atoms. The second kappa shape index (κ2) is 10.2. The van der Waals surface area contributed by atoms with Gasteiger partial charge in [0.1, 0.15) is 5.75 Å². The van der Waals surface area contributed by atoms with Crippen LogP contribution < -0.4 is 15.5 Å². The van der Waals surface area contributed by atoms with Crippen molar-refractivity contribution in [3.63, 3.8) is 0 Å². The predicted octanol–water partition coefficient (Wildman–Crippen LogP) is 4.43. The zero-order chi connectivity index (χ0) is 21.3. The molecule has 3 aromatic carbocycles. The van der Waals surface area contributed by atoms with E-state index in [9.17, 15) is 9.59 Å². The molecule has 0 aromatic heterocycles. The summed E-state index contributed by atoms with van der Waals surface area (Å²) in [7, 11) is 0. The van der Waals surface area contributed by atoms with Crippen LogP contribution in [-0.2, 0) is 4.79 Å². The lowest BCUT2D eigenvalue weighted by Gasteiger charge is -2.06. The number of hydrogen-bond acceptors (Lipinski definition) is 5. The lowest BCUT2D eigenvalue weighted by Crippen LogP contribution is -2.25. The third-order valence-electron chi connectivity index (χ3n) is 4.07. The molecular weight excluding hydrogens is 402 g/mol. The number of amides is 1. The molecule has 3 rings (SSSR count). The molecule has 0 saturated carbocycles. The summed E-state index contributed by atoms with van der Waals surface area (Å²) >= 11 is 6.02. The summed E-state index contributed by atoms with van der Waals surface area (Å²) < 4.78 is 5.36. The number of nitrogens with zero attached hydrogens (tertiary/aromatic N) is 1. The minimum atomic E-state index is -0.551. The molecule has 0 aliphatic rings. The van der Waals surface area contributed by atoms with Gasteiger partial charge in [-0.2, -0.15) is 5.10 Å². The number of nitrogens with one attached hydrogen (secondary N) is 2. The van der Waals surface area contributed by atoms with Crippen molar-refractivity contribution in [2.24, 2.45) is 5.10 Å². The molecule has 30 heavy (non-hydrogen) atoms. The number of rotatable bonds is 7. The molecule has 0 aliphatic carbocycles. The number of halogens is 1. The van der Waals surface area contributed by atoms with Crippen LogP contribution in [0.4, 0.5) is 5.69 Å². The number of hydrogen-bond donors (Lipinski definition) is 2. The van der Waals surface area contributed by atoms with E-state index in [1.54, 1.807) is 48.5 Å². The van der Waals surface area contributed by atoms with Crippen molar-refractivity contribution in [1.82, 2.24) is 5.43 Å². The Balaban J connectivity index is 1.52. The molecule has 2 N–H and O–H groups in total. The third kappa shape index (κ3) is 6.18. The minimum absolute atomic E-state index is 0.0931. The molecule has 0 aliphatic heterocycles. The van der Waals surface area contributed by atoms with Gasteiger partial charge in [-0.1, -0.05) is 53.6 Å². The number of esters is 1. The first-order chi connectivity index (χ1) is 14.5. The Morgan fingerprint density at radius 3 is 2.57 bits per heavy atom. The molecule has 0 unspecified atom stereocenters. The Hall–Kier alpha value is -3.64. The van der Waals surface area contributed by atoms with E-state index in [0.29, 0.717) is 16.3 Å². The van der Waals surface area contributed by atoms with Crippen LogP contribution in [0.1, 0.15) is 21.5 Å². The van der Waals surface area contributed by atoms with E-state index in [2.05, 4.69) is 15.8 Å². The van der Waals surface area contributed by atoms with Crippen LogP contribution in [0.3, 0.4) is 0 Å². The van der Waals surface area contributed by atoms with Crippen LogP contribution >= 0.6 is 11.6 Å². The van der Waals surface area contributed by atoms with Gasteiger partial charge in [-0.05, 0) is 48.9 Å². The van der Waals surface area contributed by atoms with E-state index in [1.165, 1.54) is 6.21 Å². The summed E-state index contributed by atoms with van der Waals surface area (Å²) in [6.45, 7) is 2.09. The minimum Gasteiger partial charge on any atom is -0.423 e. The fourth-order valence-corrected chi connectivity index (χ4v) is 2.73. The number of aryl methyl sites for hydroxylation is 1. The summed E-state index contributed by atoms with van der Waals surface area (Å²) in [5, 5.41) is 7.27. The van der Waals surface area contributed by atoms with Gasteiger partial charge in [0, 0.05) is 5.69 Å². The van der Waals surface area contributed by atoms with Crippen LogP contribution in [0.15, 0.2) is 77.9 Å². The summed E-state index contributed by atoms with van der Waals surface area (Å²) in [5.74, 6) is -0.491. The average molecular weight is 422 g/mol. The first-order valence-corrected chi connectivity index (χ1v) is 9.58. The van der Waals surface area contributed by atoms with Crippen molar-refractivity contribution < 1.29 is 14.3 Å². The van der Waals surface area contributed by atoms with Crippen LogP contribution in [0.2, 0.25) is 5.02 Å². The molecule has 0 fully saturated rings. The number of hydrazone groups is 1. The van der Waals surface area contributed by atoms with Gasteiger partial charge in [0.25, 0.3) is 5.91 Å². The Labute approximate surface area is 179 Å². The maximum absolute atomic E-state index is 12.3. The Morgan fingerprint density at radius 1 is 1.03 bits per heavy atom. The SMILES string of the molecule is Cc1ccc(NCC(=O)N/N=C/c2cccc(OC(=O)c3ccccc3Cl)c2)cc1. The number of carbonyl (C=O) groups is 2. The molecule has 7 heteroatoms. The summed E-state index contributed by atoms with van der Waals surface area (Å²) in [4.78, 5) is 24.2. The van der Waals surface area contributed by atoms with Gasteiger partial charge >= 0.3 is 5.97 Å². The van der Waals surface area contributed by atoms with Crippen molar-refractivity contribution in [1.29, 1.82) is 0 Å². The van der Waals surface area contributed by atoms with Crippen molar-refractivity contribution in [3.05, 3.63) is 94.5 Å². The first-order valence-electron chi connectivity index (χ1n) is 9.20. The quantitative estimate of drug-likeness (QED) is 0.256. The van der Waals surface area contributed by atoms with E-state index >= 15 is 0 Å². The summed E-state index contributed by atoms with van der Waals surface area (Å²) in [6.07, 6.45) is 1.47. The Kier molecular flexibility index (Phi) is 7.19. The highest BCUT2D eigenvalue weighted by molar-refractivity contribution is 6.33. The maximum atomic E-state index is 12.3. The van der Waals surface area contributed by atoms with Gasteiger partial charge in [0.15, 0.2) is 0 Å². The normalized spacial score (nSPS) is 10.6. The van der Waals surface area contributed by atoms with Crippen LogP contribution in [0, 0.1) is 6.92 Å². The summed E-state index contributed by atoms with van der Waals surface area (Å²) in [5.41, 5.74) is 5.39. The molecule has 0 saturated heterocycles. The first kappa shape index (κ1) is 21.1. The number of ether oxygens (including phenoxy) is 1. The topological polar surface area (TPSA) is 79.8 Å². The third-order valence-corrected chi connectivity index (χ3v) is 4.40. The average Bonchev–Trinajstić information content (AvgIpc) is 2.74. The van der Waals surface area contributed by atoms with Crippen molar-refractivity contribution >= 4 is 35.4 Å². The van der Waals surface area contributed by atoms with E-state index in [-0.39, 0.29) is 18.0 Å². The standard InChI is InChI=1S/C23H20ClN3O3/c1-16-9-11-18(12-10-16)25-15-22(28)27-26-14-17-5-4-6-19(13-17)30-23(29)20-7-2-3-8-21(20)24/h2-14,25H,15H2,1H3,(H,27,28)/b26-14+. The molecule has 152 valence electrons. The van der Waals surface area contributed by atoms with E-state index in [0.717, 1.165) is 11.3 Å². The number of benzene rings is 3. The lowest BCUT2D eigenvalue weighted by molar-refractivity contribution is -0.119. The molecule has 0 atom stereocenters.